The number of amides is 1. The normalized spacial score (nSPS) is 11.1. The van der Waals surface area contributed by atoms with Gasteiger partial charge in [-0.3, -0.25) is 4.79 Å². The molecule has 26 heavy (non-hydrogen) atoms. The Morgan fingerprint density at radius 3 is 2.62 bits per heavy atom. The number of carbonyl (C=O) groups excluding carboxylic acids is 1. The lowest BCUT2D eigenvalue weighted by Crippen LogP contribution is -2.23. The zero-order chi connectivity index (χ0) is 18.7. The Kier molecular flexibility index (Phi) is 5.64. The minimum atomic E-state index is -0.0752. The van der Waals surface area contributed by atoms with E-state index in [1.54, 1.807) is 0 Å². The van der Waals surface area contributed by atoms with Crippen molar-refractivity contribution in [2.24, 2.45) is 0 Å². The number of ether oxygens (including phenoxy) is 1. The van der Waals surface area contributed by atoms with Crippen LogP contribution in [0.15, 0.2) is 24.3 Å². The molecule has 0 fully saturated rings. The van der Waals surface area contributed by atoms with E-state index in [2.05, 4.69) is 15.3 Å². The van der Waals surface area contributed by atoms with Crippen LogP contribution in [0.1, 0.15) is 44.8 Å². The molecule has 0 saturated carbocycles. The van der Waals surface area contributed by atoms with Crippen LogP contribution in [0, 0.1) is 20.8 Å². The second kappa shape index (κ2) is 7.93. The van der Waals surface area contributed by atoms with Gasteiger partial charge in [-0.25, -0.2) is 9.97 Å². The molecule has 1 aromatic carbocycles. The third-order valence-electron chi connectivity index (χ3n) is 4.31. The van der Waals surface area contributed by atoms with Crippen LogP contribution in [0.25, 0.3) is 10.2 Å². The summed E-state index contributed by atoms with van der Waals surface area (Å²) in [6, 6.07) is 8.01. The molecule has 1 N–H and O–H groups in total. The summed E-state index contributed by atoms with van der Waals surface area (Å²) in [5, 5.41) is 4.02. The topological polar surface area (TPSA) is 64.1 Å². The van der Waals surface area contributed by atoms with Gasteiger partial charge in [0.2, 0.25) is 0 Å². The van der Waals surface area contributed by atoms with E-state index in [9.17, 15) is 4.79 Å². The number of nitrogens with one attached hydrogen (secondary N) is 1. The maximum atomic E-state index is 12.7. The number of aryl methyl sites for hydroxylation is 3. The lowest BCUT2D eigenvalue weighted by molar-refractivity contribution is 0.0953. The Hall–Kier alpha value is -2.31. The molecule has 0 aliphatic carbocycles. The molecule has 3 rings (SSSR count). The zero-order valence-corrected chi connectivity index (χ0v) is 16.4. The van der Waals surface area contributed by atoms with Crippen molar-refractivity contribution < 1.29 is 9.53 Å². The standard InChI is InChI=1S/C20H23N3O2S/c1-5-25-11-16-9-7-6-8-15(16)10-21-19(24)18-12(2)17-13(3)22-14(4)23-20(17)26-18/h6-9H,5,10-11H2,1-4H3,(H,21,24). The van der Waals surface area contributed by atoms with Gasteiger partial charge in [0.25, 0.3) is 5.91 Å². The lowest BCUT2D eigenvalue weighted by atomic mass is 10.1. The van der Waals surface area contributed by atoms with Crippen molar-refractivity contribution in [3.63, 3.8) is 0 Å². The largest absolute Gasteiger partial charge is 0.377 e. The first-order valence-electron chi connectivity index (χ1n) is 8.68. The molecule has 136 valence electrons. The van der Waals surface area contributed by atoms with Gasteiger partial charge in [-0.15, -0.1) is 11.3 Å². The highest BCUT2D eigenvalue weighted by molar-refractivity contribution is 7.20. The molecular formula is C20H23N3O2S. The predicted molar refractivity (Wildman–Crippen MR) is 105 cm³/mol. The van der Waals surface area contributed by atoms with E-state index in [1.807, 2.05) is 52.0 Å². The fourth-order valence-corrected chi connectivity index (χ4v) is 4.22. The Bertz CT molecular complexity index is 950. The zero-order valence-electron chi connectivity index (χ0n) is 15.5. The van der Waals surface area contributed by atoms with Crippen molar-refractivity contribution in [3.05, 3.63) is 57.4 Å². The van der Waals surface area contributed by atoms with Crippen LogP contribution in [0.4, 0.5) is 0 Å². The molecule has 2 heterocycles. The molecule has 0 aliphatic heterocycles. The number of thiophene rings is 1. The molecule has 0 radical (unpaired) electrons. The monoisotopic (exact) mass is 369 g/mol. The number of aromatic nitrogens is 2. The lowest BCUT2D eigenvalue weighted by Gasteiger charge is -2.10. The van der Waals surface area contributed by atoms with Crippen molar-refractivity contribution in [3.8, 4) is 0 Å². The predicted octanol–water partition coefficient (Wildman–Crippen LogP) is 4.08. The van der Waals surface area contributed by atoms with Crippen LogP contribution in [0.2, 0.25) is 0 Å². The second-order valence-electron chi connectivity index (χ2n) is 6.18. The molecule has 0 aliphatic rings. The van der Waals surface area contributed by atoms with Gasteiger partial charge in [-0.1, -0.05) is 24.3 Å². The molecule has 0 unspecified atom stereocenters. The third kappa shape index (κ3) is 3.76. The Morgan fingerprint density at radius 1 is 1.15 bits per heavy atom. The van der Waals surface area contributed by atoms with Gasteiger partial charge in [-0.2, -0.15) is 0 Å². The van der Waals surface area contributed by atoms with Crippen molar-refractivity contribution in [2.75, 3.05) is 6.61 Å². The molecule has 1 amide bonds. The highest BCUT2D eigenvalue weighted by atomic mass is 32.1. The number of fused-ring (bicyclic) bond motifs is 1. The summed E-state index contributed by atoms with van der Waals surface area (Å²) in [5.41, 5.74) is 4.03. The van der Waals surface area contributed by atoms with Gasteiger partial charge >= 0.3 is 0 Å². The summed E-state index contributed by atoms with van der Waals surface area (Å²) < 4.78 is 5.51. The van der Waals surface area contributed by atoms with Crippen molar-refractivity contribution in [1.29, 1.82) is 0 Å². The van der Waals surface area contributed by atoms with E-state index in [0.29, 0.717) is 24.6 Å². The van der Waals surface area contributed by atoms with Crippen molar-refractivity contribution >= 4 is 27.5 Å². The van der Waals surface area contributed by atoms with E-state index in [4.69, 9.17) is 4.74 Å². The van der Waals surface area contributed by atoms with E-state index >= 15 is 0 Å². The highest BCUT2D eigenvalue weighted by Crippen LogP contribution is 2.31. The van der Waals surface area contributed by atoms with E-state index in [0.717, 1.165) is 38.4 Å². The molecule has 2 aromatic heterocycles. The van der Waals surface area contributed by atoms with E-state index in [1.165, 1.54) is 11.3 Å². The minimum absolute atomic E-state index is 0.0752. The van der Waals surface area contributed by atoms with Crippen molar-refractivity contribution in [2.45, 2.75) is 40.8 Å². The van der Waals surface area contributed by atoms with E-state index < -0.39 is 0 Å². The van der Waals surface area contributed by atoms with Gasteiger partial charge in [0.05, 0.1) is 11.5 Å². The first-order valence-corrected chi connectivity index (χ1v) is 9.50. The molecule has 0 saturated heterocycles. The first kappa shape index (κ1) is 18.5. The summed E-state index contributed by atoms with van der Waals surface area (Å²) in [6.45, 7) is 9.46. The molecular weight excluding hydrogens is 346 g/mol. The van der Waals surface area contributed by atoms with Crippen molar-refractivity contribution in [1.82, 2.24) is 15.3 Å². The van der Waals surface area contributed by atoms with Gasteiger partial charge in [0.1, 0.15) is 10.7 Å². The third-order valence-corrected chi connectivity index (χ3v) is 5.49. The maximum Gasteiger partial charge on any atom is 0.261 e. The summed E-state index contributed by atoms with van der Waals surface area (Å²) >= 11 is 1.43. The average molecular weight is 369 g/mol. The average Bonchev–Trinajstić information content (AvgIpc) is 2.95. The molecule has 0 atom stereocenters. The number of benzene rings is 1. The summed E-state index contributed by atoms with van der Waals surface area (Å²) in [7, 11) is 0. The molecule has 0 spiro atoms. The smallest absolute Gasteiger partial charge is 0.261 e. The molecule has 5 nitrogen and oxygen atoms in total. The van der Waals surface area contributed by atoms with Gasteiger partial charge in [-0.05, 0) is 44.4 Å². The Labute approximate surface area is 157 Å². The van der Waals surface area contributed by atoms with Crippen LogP contribution < -0.4 is 5.32 Å². The van der Waals surface area contributed by atoms with Gasteiger partial charge in [0.15, 0.2) is 0 Å². The highest BCUT2D eigenvalue weighted by Gasteiger charge is 2.18. The number of carbonyl (C=O) groups is 1. The van der Waals surface area contributed by atoms with Gasteiger partial charge < -0.3 is 10.1 Å². The minimum Gasteiger partial charge on any atom is -0.377 e. The number of rotatable bonds is 6. The molecule has 6 heteroatoms. The van der Waals surface area contributed by atoms with Crippen LogP contribution in [0.5, 0.6) is 0 Å². The summed E-state index contributed by atoms with van der Waals surface area (Å²) in [5.74, 6) is 0.654. The fraction of sp³-hybridized carbons (Fsp3) is 0.350. The quantitative estimate of drug-likeness (QED) is 0.711. The first-order chi connectivity index (χ1) is 12.5. The number of nitrogens with zero attached hydrogens (tertiary/aromatic N) is 2. The van der Waals surface area contributed by atoms with Crippen LogP contribution in [-0.4, -0.2) is 22.5 Å². The Balaban J connectivity index is 1.80. The SMILES string of the molecule is CCOCc1ccccc1CNC(=O)c1sc2nc(C)nc(C)c2c1C. The maximum absolute atomic E-state index is 12.7. The second-order valence-corrected chi connectivity index (χ2v) is 7.18. The van der Waals surface area contributed by atoms with Crippen LogP contribution >= 0.6 is 11.3 Å². The van der Waals surface area contributed by atoms with Crippen LogP contribution in [-0.2, 0) is 17.9 Å². The van der Waals surface area contributed by atoms with Crippen LogP contribution in [0.3, 0.4) is 0 Å². The Morgan fingerprint density at radius 2 is 1.88 bits per heavy atom. The fourth-order valence-electron chi connectivity index (χ4n) is 3.03. The summed E-state index contributed by atoms with van der Waals surface area (Å²) in [6.07, 6.45) is 0. The number of hydrogen-bond donors (Lipinski definition) is 1. The molecule has 0 bridgehead atoms. The van der Waals surface area contributed by atoms with Gasteiger partial charge in [0, 0.05) is 24.2 Å². The number of hydrogen-bond acceptors (Lipinski definition) is 5. The van der Waals surface area contributed by atoms with E-state index in [-0.39, 0.29) is 5.91 Å². The molecule has 3 aromatic rings. The summed E-state index contributed by atoms with van der Waals surface area (Å²) in [4.78, 5) is 23.2.